The van der Waals surface area contributed by atoms with Crippen LogP contribution >= 0.6 is 11.6 Å². The molecule has 0 aliphatic heterocycles. The third-order valence-electron chi connectivity index (χ3n) is 2.86. The van der Waals surface area contributed by atoms with Crippen LogP contribution < -0.4 is 11.1 Å². The van der Waals surface area contributed by atoms with Crippen LogP contribution in [0.3, 0.4) is 0 Å². The number of hydrogen-bond acceptors (Lipinski definition) is 3. The number of nitrogens with zero attached hydrogens (tertiary/aromatic N) is 1. The standard InChI is InChI=1S/C12H14ClN3/c13-10-4-3-9(6-14)12(5-10)16-7-11(15)8-1-2-8/h3-5,8,11,16H,1-2,7,15H2. The molecule has 0 heterocycles. The molecule has 0 bridgehead atoms. The fraction of sp³-hybridized carbons (Fsp3) is 0.417. The maximum atomic E-state index is 8.93. The van der Waals surface area contributed by atoms with Gasteiger partial charge in [0.05, 0.1) is 11.3 Å². The van der Waals surface area contributed by atoms with Crippen LogP contribution in [0.25, 0.3) is 0 Å². The van der Waals surface area contributed by atoms with Crippen LogP contribution in [0.15, 0.2) is 18.2 Å². The molecule has 3 nitrogen and oxygen atoms in total. The topological polar surface area (TPSA) is 61.8 Å². The fourth-order valence-corrected chi connectivity index (χ4v) is 1.85. The molecule has 1 fully saturated rings. The van der Waals surface area contributed by atoms with Gasteiger partial charge >= 0.3 is 0 Å². The summed E-state index contributed by atoms with van der Waals surface area (Å²) < 4.78 is 0. The van der Waals surface area contributed by atoms with E-state index in [4.69, 9.17) is 22.6 Å². The van der Waals surface area contributed by atoms with E-state index in [0.29, 0.717) is 23.0 Å². The van der Waals surface area contributed by atoms with Crippen LogP contribution in [0.5, 0.6) is 0 Å². The Bertz CT molecular complexity index is 421. The lowest BCUT2D eigenvalue weighted by molar-refractivity contribution is 0.621. The second kappa shape index (κ2) is 4.73. The molecule has 0 spiro atoms. The lowest BCUT2D eigenvalue weighted by Gasteiger charge is -2.13. The minimum Gasteiger partial charge on any atom is -0.382 e. The second-order valence-corrected chi connectivity index (χ2v) is 4.62. The van der Waals surface area contributed by atoms with Gasteiger partial charge in [0.2, 0.25) is 0 Å². The van der Waals surface area contributed by atoms with E-state index in [2.05, 4.69) is 11.4 Å². The van der Waals surface area contributed by atoms with E-state index in [1.165, 1.54) is 12.8 Å². The quantitative estimate of drug-likeness (QED) is 0.842. The number of hydrogen-bond donors (Lipinski definition) is 2. The van der Waals surface area contributed by atoms with Gasteiger partial charge in [-0.05, 0) is 37.0 Å². The number of nitrogens with one attached hydrogen (secondary N) is 1. The van der Waals surface area contributed by atoms with E-state index >= 15 is 0 Å². The monoisotopic (exact) mass is 235 g/mol. The average molecular weight is 236 g/mol. The van der Waals surface area contributed by atoms with Gasteiger partial charge in [0, 0.05) is 17.6 Å². The van der Waals surface area contributed by atoms with Gasteiger partial charge in [-0.2, -0.15) is 5.26 Å². The normalized spacial score (nSPS) is 16.6. The van der Waals surface area contributed by atoms with E-state index in [9.17, 15) is 0 Å². The summed E-state index contributed by atoms with van der Waals surface area (Å²) >= 11 is 5.88. The molecule has 0 aromatic heterocycles. The summed E-state index contributed by atoms with van der Waals surface area (Å²) in [5.41, 5.74) is 7.35. The van der Waals surface area contributed by atoms with Crippen molar-refractivity contribution in [2.24, 2.45) is 11.7 Å². The predicted octanol–water partition coefficient (Wildman–Crippen LogP) is 2.36. The first-order valence-electron chi connectivity index (χ1n) is 5.40. The molecule has 1 atom stereocenters. The van der Waals surface area contributed by atoms with Crippen LogP contribution in [0, 0.1) is 17.2 Å². The molecule has 0 saturated heterocycles. The Morgan fingerprint density at radius 1 is 1.56 bits per heavy atom. The third kappa shape index (κ3) is 2.66. The number of benzene rings is 1. The van der Waals surface area contributed by atoms with E-state index in [1.807, 2.05) is 0 Å². The molecule has 1 saturated carbocycles. The Labute approximate surface area is 100 Å². The van der Waals surface area contributed by atoms with Crippen molar-refractivity contribution >= 4 is 17.3 Å². The maximum absolute atomic E-state index is 8.93. The maximum Gasteiger partial charge on any atom is 0.101 e. The summed E-state index contributed by atoms with van der Waals surface area (Å²) in [6, 6.07) is 7.49. The van der Waals surface area contributed by atoms with Crippen molar-refractivity contribution in [2.75, 3.05) is 11.9 Å². The summed E-state index contributed by atoms with van der Waals surface area (Å²) in [6.07, 6.45) is 2.45. The van der Waals surface area contributed by atoms with Crippen molar-refractivity contribution in [3.05, 3.63) is 28.8 Å². The van der Waals surface area contributed by atoms with Gasteiger partial charge in [0.25, 0.3) is 0 Å². The van der Waals surface area contributed by atoms with E-state index in [0.717, 1.165) is 5.69 Å². The molecule has 1 aromatic rings. The number of nitrogens with two attached hydrogens (primary N) is 1. The van der Waals surface area contributed by atoms with Crippen molar-refractivity contribution < 1.29 is 0 Å². The first-order valence-corrected chi connectivity index (χ1v) is 5.77. The first-order chi connectivity index (χ1) is 7.70. The van der Waals surface area contributed by atoms with Gasteiger partial charge in [0.15, 0.2) is 0 Å². The highest BCUT2D eigenvalue weighted by Crippen LogP contribution is 2.31. The summed E-state index contributed by atoms with van der Waals surface area (Å²) in [5, 5.41) is 12.8. The molecule has 0 amide bonds. The van der Waals surface area contributed by atoms with Crippen molar-refractivity contribution in [1.82, 2.24) is 0 Å². The van der Waals surface area contributed by atoms with Crippen molar-refractivity contribution in [2.45, 2.75) is 18.9 Å². The zero-order valence-corrected chi connectivity index (χ0v) is 9.67. The average Bonchev–Trinajstić information content (AvgIpc) is 3.10. The van der Waals surface area contributed by atoms with Crippen LogP contribution in [0.1, 0.15) is 18.4 Å². The number of anilines is 1. The van der Waals surface area contributed by atoms with Crippen LogP contribution in [0.2, 0.25) is 5.02 Å². The van der Waals surface area contributed by atoms with Crippen LogP contribution in [-0.2, 0) is 0 Å². The zero-order valence-electron chi connectivity index (χ0n) is 8.91. The van der Waals surface area contributed by atoms with E-state index in [1.54, 1.807) is 18.2 Å². The minimum absolute atomic E-state index is 0.172. The lowest BCUT2D eigenvalue weighted by Crippen LogP contribution is -2.31. The molecule has 1 aliphatic carbocycles. The van der Waals surface area contributed by atoms with Crippen molar-refractivity contribution in [1.29, 1.82) is 5.26 Å². The van der Waals surface area contributed by atoms with E-state index in [-0.39, 0.29) is 6.04 Å². The Morgan fingerprint density at radius 3 is 2.94 bits per heavy atom. The molecular formula is C12H14ClN3. The highest BCUT2D eigenvalue weighted by atomic mass is 35.5. The molecule has 4 heteroatoms. The molecule has 3 N–H and O–H groups in total. The Morgan fingerprint density at radius 2 is 2.31 bits per heavy atom. The number of nitriles is 1. The van der Waals surface area contributed by atoms with Gasteiger partial charge in [-0.3, -0.25) is 0 Å². The third-order valence-corrected chi connectivity index (χ3v) is 3.09. The zero-order chi connectivity index (χ0) is 11.5. The molecule has 2 rings (SSSR count). The summed E-state index contributed by atoms with van der Waals surface area (Å²) in [7, 11) is 0. The summed E-state index contributed by atoms with van der Waals surface area (Å²) in [6.45, 7) is 0.694. The molecule has 1 aliphatic rings. The van der Waals surface area contributed by atoms with Gasteiger partial charge < -0.3 is 11.1 Å². The Balaban J connectivity index is 2.02. The minimum atomic E-state index is 0.172. The lowest BCUT2D eigenvalue weighted by atomic mass is 10.1. The van der Waals surface area contributed by atoms with Gasteiger partial charge in [-0.25, -0.2) is 0 Å². The molecule has 0 radical (unpaired) electrons. The highest BCUT2D eigenvalue weighted by molar-refractivity contribution is 6.30. The Hall–Kier alpha value is -1.24. The Kier molecular flexibility index (Phi) is 3.33. The van der Waals surface area contributed by atoms with Crippen LogP contribution in [0.4, 0.5) is 5.69 Å². The van der Waals surface area contributed by atoms with Crippen LogP contribution in [-0.4, -0.2) is 12.6 Å². The highest BCUT2D eigenvalue weighted by Gasteiger charge is 2.28. The van der Waals surface area contributed by atoms with Gasteiger partial charge in [-0.15, -0.1) is 0 Å². The SMILES string of the molecule is N#Cc1ccc(Cl)cc1NCC(N)C1CC1. The molecule has 1 unspecified atom stereocenters. The van der Waals surface area contributed by atoms with Gasteiger partial charge in [0.1, 0.15) is 6.07 Å². The second-order valence-electron chi connectivity index (χ2n) is 4.18. The molecule has 16 heavy (non-hydrogen) atoms. The molecule has 1 aromatic carbocycles. The van der Waals surface area contributed by atoms with E-state index < -0.39 is 0 Å². The summed E-state index contributed by atoms with van der Waals surface area (Å²) in [4.78, 5) is 0. The van der Waals surface area contributed by atoms with Gasteiger partial charge in [-0.1, -0.05) is 11.6 Å². The fourth-order valence-electron chi connectivity index (χ4n) is 1.68. The summed E-state index contributed by atoms with van der Waals surface area (Å²) in [5.74, 6) is 0.650. The molecule has 84 valence electrons. The largest absolute Gasteiger partial charge is 0.382 e. The number of rotatable bonds is 4. The predicted molar refractivity (Wildman–Crippen MR) is 65.4 cm³/mol. The van der Waals surface area contributed by atoms with Crippen molar-refractivity contribution in [3.63, 3.8) is 0 Å². The first kappa shape index (κ1) is 11.3. The smallest absolute Gasteiger partial charge is 0.101 e. The van der Waals surface area contributed by atoms with Crippen molar-refractivity contribution in [3.8, 4) is 6.07 Å². The number of halogens is 1. The molecular weight excluding hydrogens is 222 g/mol.